The van der Waals surface area contributed by atoms with Crippen molar-refractivity contribution in [2.24, 2.45) is 11.0 Å². The summed E-state index contributed by atoms with van der Waals surface area (Å²) in [5, 5.41) is 14.9. The van der Waals surface area contributed by atoms with Gasteiger partial charge in [0.25, 0.3) is 5.91 Å². The summed E-state index contributed by atoms with van der Waals surface area (Å²) < 4.78 is 0. The van der Waals surface area contributed by atoms with Gasteiger partial charge in [-0.3, -0.25) is 4.79 Å². The van der Waals surface area contributed by atoms with Crippen LogP contribution in [0.15, 0.2) is 5.10 Å². The lowest BCUT2D eigenvalue weighted by atomic mass is 9.97. The van der Waals surface area contributed by atoms with Gasteiger partial charge in [0.2, 0.25) is 0 Å². The minimum atomic E-state index is -0.843. The predicted octanol–water partition coefficient (Wildman–Crippen LogP) is -0.0246. The Hall–Kier alpha value is -0.900. The van der Waals surface area contributed by atoms with Gasteiger partial charge < -0.3 is 5.11 Å². The van der Waals surface area contributed by atoms with Crippen molar-refractivity contribution in [1.82, 2.24) is 5.01 Å². The van der Waals surface area contributed by atoms with Crippen molar-refractivity contribution in [3.05, 3.63) is 0 Å². The Morgan fingerprint density at radius 2 is 2.42 bits per heavy atom. The molecule has 0 saturated heterocycles. The summed E-state index contributed by atoms with van der Waals surface area (Å²) in [6, 6.07) is 0. The van der Waals surface area contributed by atoms with Gasteiger partial charge in [-0.15, -0.1) is 0 Å². The molecule has 2 aliphatic rings. The van der Waals surface area contributed by atoms with Crippen molar-refractivity contribution in [2.45, 2.75) is 25.4 Å². The molecular weight excluding hydrogens is 156 g/mol. The fourth-order valence-corrected chi connectivity index (χ4v) is 1.92. The molecule has 2 rings (SSSR count). The topological polar surface area (TPSA) is 52.9 Å². The third kappa shape index (κ3) is 0.948. The molecule has 66 valence electrons. The molecule has 1 aliphatic carbocycles. The summed E-state index contributed by atoms with van der Waals surface area (Å²) in [7, 11) is 1.59. The van der Waals surface area contributed by atoms with Gasteiger partial charge in [-0.05, 0) is 19.3 Å². The molecule has 1 fully saturated rings. The van der Waals surface area contributed by atoms with Crippen LogP contribution in [-0.4, -0.2) is 34.9 Å². The highest BCUT2D eigenvalue weighted by molar-refractivity contribution is 5.98. The number of nitrogens with zero attached hydrogens (tertiary/aromatic N) is 2. The molecule has 1 heterocycles. The molecule has 0 aromatic carbocycles. The van der Waals surface area contributed by atoms with E-state index in [-0.39, 0.29) is 11.8 Å². The number of hydrazone groups is 1. The van der Waals surface area contributed by atoms with Crippen LogP contribution in [0.4, 0.5) is 0 Å². The molecule has 1 N–H and O–H groups in total. The lowest BCUT2D eigenvalue weighted by Gasteiger charge is -2.27. The SMILES string of the molecule is CN1N=C2CCC[C@@H]2[C@@H](O)C1=O. The summed E-state index contributed by atoms with van der Waals surface area (Å²) in [4.78, 5) is 11.2. The Labute approximate surface area is 70.9 Å². The van der Waals surface area contributed by atoms with Crippen molar-refractivity contribution >= 4 is 11.6 Å². The molecule has 1 aliphatic heterocycles. The number of amides is 1. The smallest absolute Gasteiger partial charge is 0.271 e. The van der Waals surface area contributed by atoms with E-state index in [2.05, 4.69) is 5.10 Å². The lowest BCUT2D eigenvalue weighted by molar-refractivity contribution is -0.141. The fraction of sp³-hybridized carbons (Fsp3) is 0.750. The van der Waals surface area contributed by atoms with E-state index in [0.717, 1.165) is 25.0 Å². The van der Waals surface area contributed by atoms with Gasteiger partial charge in [-0.2, -0.15) is 5.10 Å². The number of fused-ring (bicyclic) bond motifs is 1. The van der Waals surface area contributed by atoms with Crippen LogP contribution in [0, 0.1) is 5.92 Å². The first-order valence-electron chi connectivity index (χ1n) is 4.23. The maximum atomic E-state index is 11.2. The zero-order valence-electron chi connectivity index (χ0n) is 7.03. The van der Waals surface area contributed by atoms with Crippen LogP contribution >= 0.6 is 0 Å². The van der Waals surface area contributed by atoms with Crippen molar-refractivity contribution in [3.63, 3.8) is 0 Å². The quantitative estimate of drug-likeness (QED) is 0.552. The zero-order valence-corrected chi connectivity index (χ0v) is 7.03. The average Bonchev–Trinajstić information content (AvgIpc) is 2.48. The van der Waals surface area contributed by atoms with E-state index in [0.29, 0.717) is 0 Å². The lowest BCUT2D eigenvalue weighted by Crippen LogP contribution is -2.44. The molecule has 0 unspecified atom stereocenters. The Morgan fingerprint density at radius 1 is 1.67 bits per heavy atom. The normalized spacial score (nSPS) is 35.0. The van der Waals surface area contributed by atoms with E-state index < -0.39 is 6.10 Å². The first-order valence-corrected chi connectivity index (χ1v) is 4.23. The van der Waals surface area contributed by atoms with Crippen LogP contribution in [0.5, 0.6) is 0 Å². The minimum Gasteiger partial charge on any atom is -0.382 e. The molecule has 0 bridgehead atoms. The van der Waals surface area contributed by atoms with Crippen molar-refractivity contribution < 1.29 is 9.90 Å². The Morgan fingerprint density at radius 3 is 3.17 bits per heavy atom. The highest BCUT2D eigenvalue weighted by atomic mass is 16.3. The van der Waals surface area contributed by atoms with E-state index in [1.54, 1.807) is 7.05 Å². The number of carbonyl (C=O) groups is 1. The zero-order chi connectivity index (χ0) is 8.72. The standard InChI is InChI=1S/C8H12N2O2/c1-10-8(12)7(11)5-3-2-4-6(5)9-10/h5,7,11H,2-4H2,1H3/t5-,7+/m0/s1. The Kier molecular flexibility index (Phi) is 1.65. The first kappa shape index (κ1) is 7.73. The summed E-state index contributed by atoms with van der Waals surface area (Å²) in [6.07, 6.45) is 2.03. The monoisotopic (exact) mass is 168 g/mol. The number of hydrogen-bond donors (Lipinski definition) is 1. The second-order valence-electron chi connectivity index (χ2n) is 3.40. The van der Waals surface area contributed by atoms with Gasteiger partial charge in [-0.25, -0.2) is 5.01 Å². The molecule has 4 nitrogen and oxygen atoms in total. The predicted molar refractivity (Wildman–Crippen MR) is 43.6 cm³/mol. The highest BCUT2D eigenvalue weighted by Crippen LogP contribution is 2.29. The van der Waals surface area contributed by atoms with Crippen molar-refractivity contribution in [1.29, 1.82) is 0 Å². The maximum Gasteiger partial charge on any atom is 0.271 e. The van der Waals surface area contributed by atoms with Crippen LogP contribution in [0.3, 0.4) is 0 Å². The van der Waals surface area contributed by atoms with Gasteiger partial charge in [-0.1, -0.05) is 0 Å². The maximum absolute atomic E-state index is 11.2. The molecule has 4 heteroatoms. The van der Waals surface area contributed by atoms with Crippen LogP contribution in [0.1, 0.15) is 19.3 Å². The third-order valence-corrected chi connectivity index (χ3v) is 2.61. The van der Waals surface area contributed by atoms with Gasteiger partial charge >= 0.3 is 0 Å². The number of aliphatic hydroxyl groups excluding tert-OH is 1. The number of aliphatic hydroxyl groups is 1. The largest absolute Gasteiger partial charge is 0.382 e. The van der Waals surface area contributed by atoms with Crippen molar-refractivity contribution in [3.8, 4) is 0 Å². The van der Waals surface area contributed by atoms with Crippen LogP contribution in [0.2, 0.25) is 0 Å². The van der Waals surface area contributed by atoms with E-state index in [1.807, 2.05) is 0 Å². The molecule has 2 atom stereocenters. The van der Waals surface area contributed by atoms with Crippen LogP contribution in [-0.2, 0) is 4.79 Å². The Bertz CT molecular complexity index is 249. The van der Waals surface area contributed by atoms with Crippen LogP contribution < -0.4 is 0 Å². The van der Waals surface area contributed by atoms with Gasteiger partial charge in [0.15, 0.2) is 0 Å². The van der Waals surface area contributed by atoms with Gasteiger partial charge in [0, 0.05) is 18.7 Å². The van der Waals surface area contributed by atoms with Crippen LogP contribution in [0.25, 0.3) is 0 Å². The molecule has 12 heavy (non-hydrogen) atoms. The third-order valence-electron chi connectivity index (χ3n) is 2.61. The van der Waals surface area contributed by atoms with E-state index in [1.165, 1.54) is 5.01 Å². The minimum absolute atomic E-state index is 0.00806. The molecule has 1 saturated carbocycles. The van der Waals surface area contributed by atoms with E-state index >= 15 is 0 Å². The van der Waals surface area contributed by atoms with Crippen molar-refractivity contribution in [2.75, 3.05) is 7.05 Å². The highest BCUT2D eigenvalue weighted by Gasteiger charge is 2.39. The molecular formula is C8H12N2O2. The van der Waals surface area contributed by atoms with Gasteiger partial charge in [0.05, 0.1) is 0 Å². The molecule has 0 aromatic rings. The molecule has 1 amide bonds. The average molecular weight is 168 g/mol. The Balaban J connectivity index is 2.31. The summed E-state index contributed by atoms with van der Waals surface area (Å²) in [5.41, 5.74) is 0.990. The number of rotatable bonds is 0. The molecule has 0 spiro atoms. The second-order valence-corrected chi connectivity index (χ2v) is 3.40. The number of carbonyl (C=O) groups excluding carboxylic acids is 1. The fourth-order valence-electron chi connectivity index (χ4n) is 1.92. The van der Waals surface area contributed by atoms with Gasteiger partial charge in [0.1, 0.15) is 6.10 Å². The second kappa shape index (κ2) is 2.55. The summed E-state index contributed by atoms with van der Waals surface area (Å²) >= 11 is 0. The number of hydrogen-bond acceptors (Lipinski definition) is 3. The van der Waals surface area contributed by atoms with E-state index in [4.69, 9.17) is 0 Å². The molecule has 0 radical (unpaired) electrons. The summed E-state index contributed by atoms with van der Waals surface area (Å²) in [5.74, 6) is -0.264. The first-order chi connectivity index (χ1) is 5.70. The van der Waals surface area contributed by atoms with E-state index in [9.17, 15) is 9.90 Å². The summed E-state index contributed by atoms with van der Waals surface area (Å²) in [6.45, 7) is 0. The number of likely N-dealkylation sites (N-methyl/N-ethyl adjacent to an activating group) is 1. The molecule has 0 aromatic heterocycles.